The van der Waals surface area contributed by atoms with Crippen LogP contribution >= 0.6 is 11.6 Å². The summed E-state index contributed by atoms with van der Waals surface area (Å²) < 4.78 is 1.87. The molecule has 23 heavy (non-hydrogen) atoms. The number of amides is 1. The summed E-state index contributed by atoms with van der Waals surface area (Å²) in [7, 11) is 0. The van der Waals surface area contributed by atoms with Crippen molar-refractivity contribution < 1.29 is 4.79 Å². The van der Waals surface area contributed by atoms with Gasteiger partial charge in [-0.15, -0.1) is 0 Å². The number of imidazole rings is 1. The second kappa shape index (κ2) is 5.39. The van der Waals surface area contributed by atoms with E-state index in [4.69, 9.17) is 11.6 Å². The number of carbonyl (C=O) groups excluding carboxylic acids is 1. The van der Waals surface area contributed by atoms with E-state index in [9.17, 15) is 4.79 Å². The highest BCUT2D eigenvalue weighted by Gasteiger charge is 2.45. The summed E-state index contributed by atoms with van der Waals surface area (Å²) in [5, 5.41) is 3.87. The summed E-state index contributed by atoms with van der Waals surface area (Å²) in [4.78, 5) is 16.8. The van der Waals surface area contributed by atoms with Crippen LogP contribution in [0.5, 0.6) is 0 Å². The van der Waals surface area contributed by atoms with Gasteiger partial charge >= 0.3 is 0 Å². The largest absolute Gasteiger partial charge is 0.345 e. The molecule has 1 N–H and O–H groups in total. The van der Waals surface area contributed by atoms with Crippen LogP contribution in [0.15, 0.2) is 54.9 Å². The summed E-state index contributed by atoms with van der Waals surface area (Å²) in [6, 6.07) is 15.5. The number of benzene rings is 2. The van der Waals surface area contributed by atoms with Crippen LogP contribution in [0.1, 0.15) is 18.4 Å². The van der Waals surface area contributed by atoms with Crippen LogP contribution < -0.4 is 5.32 Å². The zero-order valence-electron chi connectivity index (χ0n) is 12.5. The van der Waals surface area contributed by atoms with Crippen molar-refractivity contribution in [3.63, 3.8) is 0 Å². The lowest BCUT2D eigenvalue weighted by Crippen LogP contribution is -2.37. The first-order chi connectivity index (χ1) is 11.2. The van der Waals surface area contributed by atoms with Gasteiger partial charge in [-0.25, -0.2) is 4.98 Å². The average Bonchev–Trinajstić information content (AvgIpc) is 3.22. The molecule has 1 amide bonds. The van der Waals surface area contributed by atoms with Crippen molar-refractivity contribution in [1.82, 2.24) is 14.9 Å². The first-order valence-corrected chi connectivity index (χ1v) is 8.01. The molecule has 4 rings (SSSR count). The normalized spacial score (nSPS) is 15.5. The van der Waals surface area contributed by atoms with Gasteiger partial charge in [0.25, 0.3) is 0 Å². The van der Waals surface area contributed by atoms with E-state index in [0.29, 0.717) is 5.02 Å². The van der Waals surface area contributed by atoms with Crippen LogP contribution in [0.3, 0.4) is 0 Å². The highest BCUT2D eigenvalue weighted by atomic mass is 35.5. The molecule has 2 aromatic carbocycles. The van der Waals surface area contributed by atoms with Crippen LogP contribution in [-0.2, 0) is 16.9 Å². The minimum atomic E-state index is -0.252. The van der Waals surface area contributed by atoms with E-state index < -0.39 is 0 Å². The predicted octanol–water partition coefficient (Wildman–Crippen LogP) is 3.50. The van der Waals surface area contributed by atoms with E-state index in [1.165, 1.54) is 0 Å². The summed E-state index contributed by atoms with van der Waals surface area (Å²) in [5.74, 6) is -0.00868. The first-order valence-electron chi connectivity index (χ1n) is 7.63. The number of hydrogen-bond acceptors (Lipinski definition) is 2. The minimum Gasteiger partial charge on any atom is -0.345 e. The molecule has 4 nitrogen and oxygen atoms in total. The lowest BCUT2D eigenvalue weighted by atomic mass is 10.1. The average molecular weight is 326 g/mol. The Bertz CT molecular complexity index is 883. The molecule has 0 saturated heterocycles. The van der Waals surface area contributed by atoms with Gasteiger partial charge in [0, 0.05) is 5.02 Å². The monoisotopic (exact) mass is 325 g/mol. The Balaban J connectivity index is 1.52. The van der Waals surface area contributed by atoms with Crippen LogP contribution in [-0.4, -0.2) is 15.5 Å². The maximum Gasteiger partial charge on any atom is 0.240 e. The summed E-state index contributed by atoms with van der Waals surface area (Å²) >= 11 is 6.07. The molecule has 1 aliphatic rings. The van der Waals surface area contributed by atoms with Crippen molar-refractivity contribution in [1.29, 1.82) is 0 Å². The molecule has 1 saturated carbocycles. The Morgan fingerprint density at radius 3 is 2.83 bits per heavy atom. The zero-order valence-corrected chi connectivity index (χ0v) is 13.3. The minimum absolute atomic E-state index is 0.00868. The number of halogens is 1. The van der Waals surface area contributed by atoms with Gasteiger partial charge in [-0.2, -0.15) is 0 Å². The number of fused-ring (bicyclic) bond motifs is 1. The van der Waals surface area contributed by atoms with Gasteiger partial charge in [-0.1, -0.05) is 35.9 Å². The molecule has 1 heterocycles. The van der Waals surface area contributed by atoms with Crippen molar-refractivity contribution in [3.05, 3.63) is 65.4 Å². The van der Waals surface area contributed by atoms with Gasteiger partial charge in [0.15, 0.2) is 0 Å². The van der Waals surface area contributed by atoms with Crippen molar-refractivity contribution in [3.8, 4) is 0 Å². The van der Waals surface area contributed by atoms with E-state index in [0.717, 1.165) is 29.4 Å². The first kappa shape index (κ1) is 14.3. The molecule has 1 aliphatic carbocycles. The van der Waals surface area contributed by atoms with Crippen molar-refractivity contribution in [2.24, 2.45) is 0 Å². The zero-order chi connectivity index (χ0) is 15.9. The van der Waals surface area contributed by atoms with E-state index in [2.05, 4.69) is 10.3 Å². The second-order valence-electron chi connectivity index (χ2n) is 6.00. The number of carbonyl (C=O) groups is 1. The van der Waals surface area contributed by atoms with Crippen LogP contribution in [0.25, 0.3) is 11.0 Å². The Morgan fingerprint density at radius 2 is 2.04 bits per heavy atom. The number of nitrogens with one attached hydrogen (secondary N) is 1. The molecule has 0 bridgehead atoms. The molecule has 0 atom stereocenters. The smallest absolute Gasteiger partial charge is 0.240 e. The fourth-order valence-electron chi connectivity index (χ4n) is 2.99. The fourth-order valence-corrected chi connectivity index (χ4v) is 3.18. The number of hydrogen-bond donors (Lipinski definition) is 1. The lowest BCUT2D eigenvalue weighted by molar-refractivity contribution is -0.122. The van der Waals surface area contributed by atoms with E-state index in [-0.39, 0.29) is 18.0 Å². The van der Waals surface area contributed by atoms with Crippen molar-refractivity contribution >= 4 is 28.5 Å². The topological polar surface area (TPSA) is 46.9 Å². The van der Waals surface area contributed by atoms with Gasteiger partial charge in [-0.3, -0.25) is 4.79 Å². The highest BCUT2D eigenvalue weighted by molar-refractivity contribution is 6.30. The Hall–Kier alpha value is -2.33. The van der Waals surface area contributed by atoms with Crippen LogP contribution in [0, 0.1) is 0 Å². The number of rotatable bonds is 4. The van der Waals surface area contributed by atoms with Crippen molar-refractivity contribution in [2.45, 2.75) is 24.9 Å². The lowest BCUT2D eigenvalue weighted by Gasteiger charge is -2.18. The molecule has 0 radical (unpaired) electrons. The standard InChI is InChI=1S/C18H16ClN3O/c19-14-5-3-4-13(10-14)18(8-9-18)21-17(23)11-22-12-20-15-6-1-2-7-16(15)22/h1-7,10,12H,8-9,11H2,(H,21,23). The Morgan fingerprint density at radius 1 is 1.22 bits per heavy atom. The van der Waals surface area contributed by atoms with Gasteiger partial charge in [0.05, 0.1) is 22.9 Å². The molecule has 5 heteroatoms. The molecular weight excluding hydrogens is 310 g/mol. The maximum absolute atomic E-state index is 12.5. The number of nitrogens with zero attached hydrogens (tertiary/aromatic N) is 2. The molecule has 1 fully saturated rings. The molecule has 3 aromatic rings. The van der Waals surface area contributed by atoms with E-state index in [1.807, 2.05) is 53.1 Å². The molecule has 1 aromatic heterocycles. The van der Waals surface area contributed by atoms with Gasteiger partial charge in [0.1, 0.15) is 6.54 Å². The van der Waals surface area contributed by atoms with E-state index >= 15 is 0 Å². The Labute approximate surface area is 139 Å². The fraction of sp³-hybridized carbons (Fsp3) is 0.222. The SMILES string of the molecule is O=C(Cn1cnc2ccccc21)NC1(c2cccc(Cl)c2)CC1. The quantitative estimate of drug-likeness (QED) is 0.798. The molecule has 116 valence electrons. The number of aromatic nitrogens is 2. The molecule has 0 unspecified atom stereocenters. The van der Waals surface area contributed by atoms with Crippen molar-refractivity contribution in [2.75, 3.05) is 0 Å². The predicted molar refractivity (Wildman–Crippen MR) is 90.2 cm³/mol. The maximum atomic E-state index is 12.5. The second-order valence-corrected chi connectivity index (χ2v) is 6.44. The summed E-state index contributed by atoms with van der Waals surface area (Å²) in [5.41, 5.74) is 2.69. The molecular formula is C18H16ClN3O. The molecule has 0 aliphatic heterocycles. The Kier molecular flexibility index (Phi) is 3.34. The van der Waals surface area contributed by atoms with Crippen LogP contribution in [0.4, 0.5) is 0 Å². The van der Waals surface area contributed by atoms with Gasteiger partial charge < -0.3 is 9.88 Å². The van der Waals surface area contributed by atoms with E-state index in [1.54, 1.807) is 6.33 Å². The summed E-state index contributed by atoms with van der Waals surface area (Å²) in [6.07, 6.45) is 3.61. The van der Waals surface area contributed by atoms with Gasteiger partial charge in [0.2, 0.25) is 5.91 Å². The third kappa shape index (κ3) is 2.70. The highest BCUT2D eigenvalue weighted by Crippen LogP contribution is 2.46. The molecule has 0 spiro atoms. The van der Waals surface area contributed by atoms with Crippen LogP contribution in [0.2, 0.25) is 5.02 Å². The third-order valence-corrected chi connectivity index (χ3v) is 4.58. The third-order valence-electron chi connectivity index (χ3n) is 4.35. The number of para-hydroxylation sites is 2. The van der Waals surface area contributed by atoms with Gasteiger partial charge in [-0.05, 0) is 42.7 Å². The summed E-state index contributed by atoms with van der Waals surface area (Å²) in [6.45, 7) is 0.267.